The molecule has 156 valence electrons. The summed E-state index contributed by atoms with van der Waals surface area (Å²) in [7, 11) is 0. The topological polar surface area (TPSA) is 66.5 Å². The van der Waals surface area contributed by atoms with Gasteiger partial charge in [0.25, 0.3) is 0 Å². The molecule has 0 atom stereocenters. The predicted octanol–water partition coefficient (Wildman–Crippen LogP) is 3.71. The average Bonchev–Trinajstić information content (AvgIpc) is 2.74. The van der Waals surface area contributed by atoms with Gasteiger partial charge in [-0.05, 0) is 56.0 Å². The highest BCUT2D eigenvalue weighted by molar-refractivity contribution is 5.73. The lowest BCUT2D eigenvalue weighted by Crippen LogP contribution is -2.34. The number of hydrogen-bond acceptors (Lipinski definition) is 4. The molecule has 1 saturated heterocycles. The Morgan fingerprint density at radius 2 is 1.79 bits per heavy atom. The number of ether oxygens (including phenoxy) is 1. The summed E-state index contributed by atoms with van der Waals surface area (Å²) in [6.07, 6.45) is 4.27. The lowest BCUT2D eigenvalue weighted by molar-refractivity contribution is 0.185. The number of likely N-dealkylation sites (tertiary alicyclic amines) is 1. The van der Waals surface area contributed by atoms with Crippen LogP contribution in [0.4, 0.5) is 4.79 Å². The minimum absolute atomic E-state index is 0.206. The summed E-state index contributed by atoms with van der Waals surface area (Å²) in [5.41, 5.74) is 3.28. The van der Waals surface area contributed by atoms with E-state index in [0.717, 1.165) is 23.6 Å². The van der Waals surface area contributed by atoms with E-state index < -0.39 is 0 Å². The van der Waals surface area contributed by atoms with E-state index in [2.05, 4.69) is 51.7 Å². The van der Waals surface area contributed by atoms with Crippen molar-refractivity contribution in [1.29, 1.82) is 0 Å². The Morgan fingerprint density at radius 3 is 2.52 bits per heavy atom. The van der Waals surface area contributed by atoms with Crippen molar-refractivity contribution in [2.24, 2.45) is 5.92 Å². The molecule has 2 heterocycles. The fourth-order valence-corrected chi connectivity index (χ4v) is 3.49. The van der Waals surface area contributed by atoms with E-state index in [1.807, 2.05) is 19.1 Å². The van der Waals surface area contributed by atoms with Gasteiger partial charge in [0.2, 0.25) is 5.88 Å². The van der Waals surface area contributed by atoms with Crippen LogP contribution in [0.5, 0.6) is 5.88 Å². The zero-order chi connectivity index (χ0) is 20.5. The molecule has 1 fully saturated rings. The summed E-state index contributed by atoms with van der Waals surface area (Å²) in [6, 6.07) is 12.0. The first-order chi connectivity index (χ1) is 14.1. The van der Waals surface area contributed by atoms with Gasteiger partial charge in [0.05, 0.1) is 6.61 Å². The van der Waals surface area contributed by atoms with Gasteiger partial charge < -0.3 is 15.4 Å². The number of carbonyl (C=O) groups excluding carboxylic acids is 1. The van der Waals surface area contributed by atoms with Gasteiger partial charge in [-0.15, -0.1) is 0 Å². The second kappa shape index (κ2) is 10.8. The molecule has 0 radical (unpaired) electrons. The number of nitrogens with one attached hydrogen (secondary N) is 2. The number of hydrogen-bond donors (Lipinski definition) is 2. The van der Waals surface area contributed by atoms with Crippen LogP contribution < -0.4 is 15.4 Å². The first-order valence-corrected chi connectivity index (χ1v) is 10.5. The van der Waals surface area contributed by atoms with Crippen molar-refractivity contribution in [1.82, 2.24) is 20.5 Å². The first kappa shape index (κ1) is 21.1. The third kappa shape index (κ3) is 6.75. The maximum absolute atomic E-state index is 12.1. The van der Waals surface area contributed by atoms with Gasteiger partial charge in [-0.25, -0.2) is 9.78 Å². The Hall–Kier alpha value is -2.60. The Bertz CT molecular complexity index is 771. The molecule has 0 bridgehead atoms. The Morgan fingerprint density at radius 1 is 1.10 bits per heavy atom. The number of piperidine rings is 1. The number of carbonyl (C=O) groups is 1. The van der Waals surface area contributed by atoms with Gasteiger partial charge in [0.1, 0.15) is 0 Å². The van der Waals surface area contributed by atoms with Crippen LogP contribution in [0.15, 0.2) is 42.6 Å². The average molecular weight is 397 g/mol. The van der Waals surface area contributed by atoms with E-state index in [0.29, 0.717) is 25.6 Å². The molecule has 0 aliphatic carbocycles. The number of aromatic nitrogens is 1. The van der Waals surface area contributed by atoms with E-state index in [4.69, 9.17) is 4.74 Å². The fraction of sp³-hybridized carbons (Fsp3) is 0.478. The predicted molar refractivity (Wildman–Crippen MR) is 115 cm³/mol. The van der Waals surface area contributed by atoms with E-state index in [-0.39, 0.29) is 6.03 Å². The second-order valence-corrected chi connectivity index (χ2v) is 7.71. The number of nitrogens with zero attached hydrogens (tertiary/aromatic N) is 2. The molecule has 1 aliphatic rings. The van der Waals surface area contributed by atoms with Crippen molar-refractivity contribution in [2.75, 3.05) is 19.7 Å². The van der Waals surface area contributed by atoms with Crippen molar-refractivity contribution >= 4 is 6.03 Å². The van der Waals surface area contributed by atoms with Crippen LogP contribution in [-0.4, -0.2) is 35.6 Å². The summed E-state index contributed by atoms with van der Waals surface area (Å²) < 4.78 is 5.48. The zero-order valence-corrected chi connectivity index (χ0v) is 17.5. The Labute approximate surface area is 173 Å². The molecule has 1 aromatic heterocycles. The molecule has 0 spiro atoms. The minimum atomic E-state index is -0.206. The van der Waals surface area contributed by atoms with Crippen LogP contribution in [0.25, 0.3) is 0 Å². The number of benzene rings is 1. The van der Waals surface area contributed by atoms with Crippen LogP contribution in [-0.2, 0) is 19.6 Å². The Kier molecular flexibility index (Phi) is 7.87. The van der Waals surface area contributed by atoms with Crippen molar-refractivity contribution in [3.63, 3.8) is 0 Å². The minimum Gasteiger partial charge on any atom is -0.478 e. The van der Waals surface area contributed by atoms with Crippen LogP contribution >= 0.6 is 0 Å². The lowest BCUT2D eigenvalue weighted by atomic mass is 9.99. The third-order valence-electron chi connectivity index (χ3n) is 5.33. The molecule has 0 saturated carbocycles. The molecule has 2 amide bonds. The highest BCUT2D eigenvalue weighted by Gasteiger charge is 2.15. The van der Waals surface area contributed by atoms with E-state index in [9.17, 15) is 4.79 Å². The highest BCUT2D eigenvalue weighted by Crippen LogP contribution is 2.18. The van der Waals surface area contributed by atoms with Gasteiger partial charge in [-0.2, -0.15) is 0 Å². The van der Waals surface area contributed by atoms with Crippen LogP contribution in [0, 0.1) is 5.92 Å². The SMILES string of the molecule is CCOc1ncccc1CNC(=O)NCc1ccc(CN2CCC(C)CC2)cc1. The van der Waals surface area contributed by atoms with E-state index in [1.165, 1.54) is 31.5 Å². The summed E-state index contributed by atoms with van der Waals surface area (Å²) in [6.45, 7) is 9.05. The quantitative estimate of drug-likeness (QED) is 0.714. The molecule has 6 heteroatoms. The van der Waals surface area contributed by atoms with Crippen molar-refractivity contribution < 1.29 is 9.53 Å². The van der Waals surface area contributed by atoms with Crippen molar-refractivity contribution in [3.8, 4) is 5.88 Å². The van der Waals surface area contributed by atoms with Gasteiger partial charge in [0, 0.05) is 31.4 Å². The molecule has 1 aromatic carbocycles. The van der Waals surface area contributed by atoms with Crippen LogP contribution in [0.2, 0.25) is 0 Å². The summed E-state index contributed by atoms with van der Waals surface area (Å²) in [5, 5.41) is 5.77. The van der Waals surface area contributed by atoms with Crippen molar-refractivity contribution in [3.05, 3.63) is 59.3 Å². The smallest absolute Gasteiger partial charge is 0.315 e. The summed E-state index contributed by atoms with van der Waals surface area (Å²) in [4.78, 5) is 18.8. The van der Waals surface area contributed by atoms with Crippen molar-refractivity contribution in [2.45, 2.75) is 46.3 Å². The third-order valence-corrected chi connectivity index (χ3v) is 5.33. The van der Waals surface area contributed by atoms with Crippen LogP contribution in [0.3, 0.4) is 0 Å². The van der Waals surface area contributed by atoms with E-state index in [1.54, 1.807) is 6.20 Å². The number of amides is 2. The molecule has 2 aromatic rings. The normalized spacial score (nSPS) is 15.1. The second-order valence-electron chi connectivity index (χ2n) is 7.71. The van der Waals surface area contributed by atoms with Crippen LogP contribution in [0.1, 0.15) is 43.4 Å². The molecule has 1 aliphatic heterocycles. The molecular formula is C23H32N4O2. The van der Waals surface area contributed by atoms with Gasteiger partial charge in [-0.3, -0.25) is 4.90 Å². The zero-order valence-electron chi connectivity index (χ0n) is 17.5. The van der Waals surface area contributed by atoms with E-state index >= 15 is 0 Å². The number of rotatable bonds is 8. The number of urea groups is 1. The maximum atomic E-state index is 12.1. The lowest BCUT2D eigenvalue weighted by Gasteiger charge is -2.30. The van der Waals surface area contributed by atoms with Gasteiger partial charge in [0.15, 0.2) is 0 Å². The maximum Gasteiger partial charge on any atom is 0.315 e. The van der Waals surface area contributed by atoms with Gasteiger partial charge in [-0.1, -0.05) is 37.3 Å². The standard InChI is InChI=1S/C23H32N4O2/c1-3-29-22-21(5-4-12-24-22)16-26-23(28)25-15-19-6-8-20(9-7-19)17-27-13-10-18(2)11-14-27/h4-9,12,18H,3,10-11,13-17H2,1-2H3,(H2,25,26,28). The molecule has 0 unspecified atom stereocenters. The highest BCUT2D eigenvalue weighted by atomic mass is 16.5. The molecular weight excluding hydrogens is 364 g/mol. The number of pyridine rings is 1. The summed E-state index contributed by atoms with van der Waals surface area (Å²) >= 11 is 0. The molecule has 2 N–H and O–H groups in total. The largest absolute Gasteiger partial charge is 0.478 e. The monoisotopic (exact) mass is 396 g/mol. The fourth-order valence-electron chi connectivity index (χ4n) is 3.49. The van der Waals surface area contributed by atoms with Gasteiger partial charge >= 0.3 is 6.03 Å². The molecule has 3 rings (SSSR count). The Balaban J connectivity index is 1.41. The first-order valence-electron chi connectivity index (χ1n) is 10.5. The molecule has 29 heavy (non-hydrogen) atoms. The summed E-state index contributed by atoms with van der Waals surface area (Å²) in [5.74, 6) is 1.42. The molecule has 6 nitrogen and oxygen atoms in total.